The van der Waals surface area contributed by atoms with Crippen molar-refractivity contribution in [2.24, 2.45) is 105 Å². The molecule has 8 saturated carbocycles. The zero-order valence-corrected chi connectivity index (χ0v) is 40.9. The summed E-state index contributed by atoms with van der Waals surface area (Å²) in [7, 11) is 0. The van der Waals surface area contributed by atoms with Crippen molar-refractivity contribution in [3.63, 3.8) is 0 Å². The van der Waals surface area contributed by atoms with Gasteiger partial charge >= 0.3 is 11.9 Å². The average Bonchev–Trinajstić information content (AvgIpc) is 3.80. The zero-order chi connectivity index (χ0) is 46.5. The number of aliphatic hydroxyl groups excluding tert-OH is 2. The van der Waals surface area contributed by atoms with Gasteiger partial charge in [0.15, 0.2) is 0 Å². The fourth-order valence-corrected chi connectivity index (χ4v) is 19.4. The first-order chi connectivity index (χ1) is 30.3. The van der Waals surface area contributed by atoms with Crippen molar-refractivity contribution < 1.29 is 49.1 Å². The predicted molar refractivity (Wildman–Crippen MR) is 245 cm³/mol. The highest BCUT2D eigenvalue weighted by Gasteiger charge is 2.67. The largest absolute Gasteiger partial charge is 0.481 e. The summed E-state index contributed by atoms with van der Waals surface area (Å²) in [5.74, 6) is 4.82. The molecule has 8 aliphatic rings. The van der Waals surface area contributed by atoms with Crippen molar-refractivity contribution in [2.45, 2.75) is 208 Å². The Morgan fingerprint density at radius 2 is 1.03 bits per heavy atom. The van der Waals surface area contributed by atoms with Crippen LogP contribution < -0.4 is 0 Å². The van der Waals surface area contributed by atoms with Crippen LogP contribution in [0.25, 0.3) is 0 Å². The molecule has 8 rings (SSSR count). The second-order valence-corrected chi connectivity index (χ2v) is 24.5. The Hall–Kier alpha value is -2.20. The molecule has 0 amide bonds. The third-order valence-corrected chi connectivity index (χ3v) is 22.3. The van der Waals surface area contributed by atoms with E-state index >= 15 is 0 Å². The molecule has 8 aliphatic carbocycles. The number of carboxylic acid groups (broad SMARTS) is 2. The monoisotopic (exact) mass is 897 g/mol. The van der Waals surface area contributed by atoms with Gasteiger partial charge in [-0.2, -0.15) is 0 Å². The van der Waals surface area contributed by atoms with Crippen LogP contribution in [0.4, 0.5) is 0 Å². The van der Waals surface area contributed by atoms with Crippen LogP contribution in [-0.2, 0) is 28.7 Å². The zero-order valence-electron chi connectivity index (χ0n) is 40.9. The Morgan fingerprint density at radius 3 is 1.53 bits per heavy atom. The smallest absolute Gasteiger partial charge is 0.303 e. The molecule has 0 aliphatic heterocycles. The molecule has 0 aromatic carbocycles. The first-order valence-electron chi connectivity index (χ1n) is 26.3. The lowest BCUT2D eigenvalue weighted by Gasteiger charge is -2.65. The molecule has 0 radical (unpaired) electrons. The van der Waals surface area contributed by atoms with E-state index in [2.05, 4.69) is 55.4 Å². The topological polar surface area (TPSA) is 168 Å². The summed E-state index contributed by atoms with van der Waals surface area (Å²) in [5, 5.41) is 40.5. The van der Waals surface area contributed by atoms with E-state index in [0.717, 1.165) is 83.5 Å². The lowest BCUT2D eigenvalue weighted by Crippen LogP contribution is -2.62. The van der Waals surface area contributed by atoms with Crippen molar-refractivity contribution in [1.82, 2.24) is 0 Å². The van der Waals surface area contributed by atoms with Gasteiger partial charge in [0.25, 0.3) is 12.9 Å². The van der Waals surface area contributed by atoms with Gasteiger partial charge in [-0.25, -0.2) is 0 Å². The summed E-state index contributed by atoms with van der Waals surface area (Å²) in [5.41, 5.74) is 0.821. The maximum Gasteiger partial charge on any atom is 0.303 e. The van der Waals surface area contributed by atoms with E-state index < -0.39 is 11.9 Å². The lowest BCUT2D eigenvalue weighted by molar-refractivity contribution is -0.213. The molecule has 0 aromatic rings. The lowest BCUT2D eigenvalue weighted by atomic mass is 9.41. The molecule has 10 nitrogen and oxygen atoms in total. The van der Waals surface area contributed by atoms with Crippen molar-refractivity contribution in [1.29, 1.82) is 0 Å². The molecule has 22 atom stereocenters. The Morgan fingerprint density at radius 1 is 0.578 bits per heavy atom. The quantitative estimate of drug-likeness (QED) is 0.123. The van der Waals surface area contributed by atoms with Gasteiger partial charge in [0, 0.05) is 18.8 Å². The fourth-order valence-electron chi connectivity index (χ4n) is 19.4. The highest BCUT2D eigenvalue weighted by Crippen LogP contribution is 2.72. The van der Waals surface area contributed by atoms with Crippen molar-refractivity contribution in [3.05, 3.63) is 0 Å². The van der Waals surface area contributed by atoms with Crippen LogP contribution in [0, 0.1) is 105 Å². The predicted octanol–water partition coefficient (Wildman–Crippen LogP) is 10.6. The van der Waals surface area contributed by atoms with Crippen LogP contribution in [0.5, 0.6) is 0 Å². The highest BCUT2D eigenvalue weighted by molar-refractivity contribution is 5.66. The molecule has 364 valence electrons. The number of hydrogen-bond acceptors (Lipinski definition) is 8. The van der Waals surface area contributed by atoms with Crippen LogP contribution >= 0.6 is 0 Å². The number of fused-ring (bicyclic) bond motifs is 10. The van der Waals surface area contributed by atoms with Gasteiger partial charge in [-0.1, -0.05) is 61.8 Å². The normalized spacial score (nSPS) is 48.8. The third kappa shape index (κ3) is 8.52. The number of ether oxygens (including phenoxy) is 2. The molecule has 0 heterocycles. The second kappa shape index (κ2) is 19.4. The van der Waals surface area contributed by atoms with Crippen LogP contribution in [0.1, 0.15) is 184 Å². The van der Waals surface area contributed by atoms with Crippen LogP contribution in [0.2, 0.25) is 0 Å². The van der Waals surface area contributed by atoms with E-state index in [1.807, 2.05) is 0 Å². The summed E-state index contributed by atoms with van der Waals surface area (Å²) in [4.78, 5) is 45.2. The number of rotatable bonds is 14. The van der Waals surface area contributed by atoms with Gasteiger partial charge in [0.05, 0.1) is 12.2 Å². The summed E-state index contributed by atoms with van der Waals surface area (Å²) in [6, 6.07) is 0. The van der Waals surface area contributed by atoms with Crippen LogP contribution in [0.3, 0.4) is 0 Å². The van der Waals surface area contributed by atoms with Crippen LogP contribution in [0.15, 0.2) is 0 Å². The van der Waals surface area contributed by atoms with Gasteiger partial charge in [0.1, 0.15) is 12.2 Å². The average molecular weight is 897 g/mol. The molecule has 8 fully saturated rings. The molecule has 8 unspecified atom stereocenters. The van der Waals surface area contributed by atoms with Gasteiger partial charge in [-0.15, -0.1) is 0 Å². The Balaban J connectivity index is 0.000000193. The Kier molecular flexibility index (Phi) is 15.1. The fraction of sp³-hybridized carbons (Fsp3) is 0.926. The Bertz CT molecular complexity index is 1650. The van der Waals surface area contributed by atoms with E-state index in [1.165, 1.54) is 32.1 Å². The first-order valence-corrected chi connectivity index (χ1v) is 26.3. The molecule has 0 spiro atoms. The summed E-state index contributed by atoms with van der Waals surface area (Å²) >= 11 is 0. The molecular formula is C54H88O10. The number of carbonyl (C=O) groups is 4. The van der Waals surface area contributed by atoms with E-state index in [1.54, 1.807) is 0 Å². The summed E-state index contributed by atoms with van der Waals surface area (Å²) in [6.45, 7) is 20.1. The number of carboxylic acids is 2. The second-order valence-electron chi connectivity index (χ2n) is 24.5. The maximum atomic E-state index is 11.8. The number of aliphatic hydroxyl groups is 2. The summed E-state index contributed by atoms with van der Waals surface area (Å²) < 4.78 is 11.4. The molecule has 0 bridgehead atoms. The SMILES string of the molecule is CC[C@@H]1C2C[C@H](O)CCC2(C)[C@H]2CCC3(C)C([C@H](C)CCC(=O)O)CC[C@H]3[C@@H]2[C@@H]1O.CC[C@@H]1C2C[C@H](OC=O)CCC2(C)[C@H]2CCC3(C)C([C@H](C)CCC(=O)O)CC[C@H]3[C@@H]2[C@@H]1OC=O. The van der Waals surface area contributed by atoms with E-state index in [4.69, 9.17) is 14.6 Å². The minimum Gasteiger partial charge on any atom is -0.481 e. The molecule has 0 aromatic heterocycles. The number of aliphatic carboxylic acids is 2. The van der Waals surface area contributed by atoms with Gasteiger partial charge in [0.2, 0.25) is 0 Å². The third-order valence-electron chi connectivity index (χ3n) is 22.3. The molecular weight excluding hydrogens is 809 g/mol. The minimum atomic E-state index is -0.707. The van der Waals surface area contributed by atoms with Crippen molar-refractivity contribution >= 4 is 24.9 Å². The molecule has 4 N–H and O–H groups in total. The van der Waals surface area contributed by atoms with Gasteiger partial charge in [-0.05, 0) is 208 Å². The number of hydrogen-bond donors (Lipinski definition) is 4. The minimum absolute atomic E-state index is 0.0298. The van der Waals surface area contributed by atoms with Crippen molar-refractivity contribution in [2.75, 3.05) is 0 Å². The standard InChI is InChI=1S/C28H44O6.C26H44O4/c1-5-19-23-14-18(33-15-29)10-12-28(23,4)22-11-13-27(3)20(17(2)6-9-24(31)32)7-8-21(27)25(22)26(19)34-16-30;1-5-17-21-14-16(27)10-12-26(21,4)20-11-13-25(3)18(15(2)6-9-22(28)29)7-8-19(25)23(20)24(17)30/h15-23,25-26H,5-14H2,1-4H3,(H,31,32);15-21,23-24,27,30H,5-14H2,1-4H3,(H,28,29)/t17-,18-,19-,20?,21+,22+,23?,25+,26-,27?,28?;15-,16-,17-,18?,19+,20+,21?,23+,24-,25?,26?/m11/s1. The molecule has 10 heteroatoms. The first kappa shape index (κ1) is 49.7. The van der Waals surface area contributed by atoms with Crippen molar-refractivity contribution in [3.8, 4) is 0 Å². The van der Waals surface area contributed by atoms with E-state index in [-0.39, 0.29) is 64.8 Å². The van der Waals surface area contributed by atoms with E-state index in [9.17, 15) is 34.5 Å². The summed E-state index contributed by atoms with van der Waals surface area (Å²) in [6.07, 6.45) is 18.5. The van der Waals surface area contributed by atoms with Gasteiger partial charge < -0.3 is 29.9 Å². The molecule has 64 heavy (non-hydrogen) atoms. The Labute approximate surface area is 385 Å². The van der Waals surface area contributed by atoms with Gasteiger partial charge in [-0.3, -0.25) is 19.2 Å². The maximum absolute atomic E-state index is 11.8. The van der Waals surface area contributed by atoms with E-state index in [0.29, 0.717) is 89.9 Å². The van der Waals surface area contributed by atoms with Crippen LogP contribution in [-0.4, -0.2) is 69.7 Å². The number of carbonyl (C=O) groups excluding carboxylic acids is 2. The highest BCUT2D eigenvalue weighted by atomic mass is 16.5. The molecule has 0 saturated heterocycles.